The molecule has 0 spiro atoms. The molecule has 2 heterocycles. The van der Waals surface area contributed by atoms with Gasteiger partial charge in [-0.05, 0) is 23.8 Å². The second kappa shape index (κ2) is 5.57. The van der Waals surface area contributed by atoms with Crippen molar-refractivity contribution in [3.63, 3.8) is 0 Å². The van der Waals surface area contributed by atoms with Crippen LogP contribution in [-0.2, 0) is 6.42 Å². The Morgan fingerprint density at radius 1 is 1.10 bits per heavy atom. The minimum atomic E-state index is -0.681. The van der Waals surface area contributed by atoms with Crippen molar-refractivity contribution in [1.29, 1.82) is 0 Å². The molecule has 0 saturated heterocycles. The van der Waals surface area contributed by atoms with Gasteiger partial charge in [-0.25, -0.2) is 0 Å². The Balaban J connectivity index is 1.89. The van der Waals surface area contributed by atoms with Crippen LogP contribution >= 0.6 is 11.6 Å². The molecule has 0 bridgehead atoms. The van der Waals surface area contributed by atoms with Gasteiger partial charge in [0.05, 0.1) is 16.2 Å². The van der Waals surface area contributed by atoms with E-state index in [0.717, 1.165) is 16.5 Å². The second-order valence-corrected chi connectivity index (χ2v) is 5.02. The molecule has 0 aliphatic carbocycles. The Bertz CT molecular complexity index is 745. The van der Waals surface area contributed by atoms with E-state index in [1.54, 1.807) is 12.4 Å². The molecule has 0 radical (unpaired) electrons. The van der Waals surface area contributed by atoms with E-state index >= 15 is 0 Å². The van der Waals surface area contributed by atoms with Gasteiger partial charge < -0.3 is 5.11 Å². The van der Waals surface area contributed by atoms with Crippen molar-refractivity contribution in [2.24, 2.45) is 0 Å². The van der Waals surface area contributed by atoms with E-state index in [1.807, 2.05) is 42.5 Å². The number of nitrogens with zero attached hydrogens (tertiary/aromatic N) is 2. The molecule has 20 heavy (non-hydrogen) atoms. The van der Waals surface area contributed by atoms with Crippen molar-refractivity contribution in [1.82, 2.24) is 9.97 Å². The van der Waals surface area contributed by atoms with E-state index in [1.165, 1.54) is 0 Å². The van der Waals surface area contributed by atoms with Gasteiger partial charge in [0.1, 0.15) is 6.10 Å². The minimum absolute atomic E-state index is 0.423. The zero-order valence-electron chi connectivity index (χ0n) is 10.7. The summed E-state index contributed by atoms with van der Waals surface area (Å²) in [7, 11) is 0. The molecule has 3 nitrogen and oxygen atoms in total. The summed E-state index contributed by atoms with van der Waals surface area (Å²) in [5.74, 6) is 0. The molecule has 2 aromatic heterocycles. The number of aromatic nitrogens is 2. The Labute approximate surface area is 121 Å². The SMILES string of the molecule is OC(Cc1ccncc1Cl)c1ccc2ccccc2n1. The lowest BCUT2D eigenvalue weighted by Gasteiger charge is -2.11. The molecule has 100 valence electrons. The fourth-order valence-electron chi connectivity index (χ4n) is 2.15. The molecule has 1 atom stereocenters. The monoisotopic (exact) mass is 284 g/mol. The van der Waals surface area contributed by atoms with Crippen molar-refractivity contribution in [2.45, 2.75) is 12.5 Å². The Hall–Kier alpha value is -1.97. The van der Waals surface area contributed by atoms with Crippen LogP contribution < -0.4 is 0 Å². The molecule has 0 aliphatic rings. The number of hydrogen-bond acceptors (Lipinski definition) is 3. The van der Waals surface area contributed by atoms with Gasteiger partial charge in [0, 0.05) is 24.2 Å². The maximum atomic E-state index is 10.3. The van der Waals surface area contributed by atoms with Crippen LogP contribution in [0, 0.1) is 0 Å². The summed E-state index contributed by atoms with van der Waals surface area (Å²) in [5, 5.41) is 11.9. The van der Waals surface area contributed by atoms with Gasteiger partial charge in [0.15, 0.2) is 0 Å². The number of para-hydroxylation sites is 1. The predicted molar refractivity (Wildman–Crippen MR) is 79.7 cm³/mol. The Kier molecular flexibility index (Phi) is 3.63. The van der Waals surface area contributed by atoms with Gasteiger partial charge in [-0.1, -0.05) is 35.9 Å². The first-order valence-corrected chi connectivity index (χ1v) is 6.74. The highest BCUT2D eigenvalue weighted by molar-refractivity contribution is 6.31. The maximum absolute atomic E-state index is 10.3. The molecule has 3 aromatic rings. The van der Waals surface area contributed by atoms with Crippen LogP contribution in [0.2, 0.25) is 5.02 Å². The van der Waals surface area contributed by atoms with Gasteiger partial charge >= 0.3 is 0 Å². The number of benzene rings is 1. The van der Waals surface area contributed by atoms with E-state index < -0.39 is 6.10 Å². The van der Waals surface area contributed by atoms with Crippen LogP contribution in [0.3, 0.4) is 0 Å². The van der Waals surface area contributed by atoms with Gasteiger partial charge in [-0.2, -0.15) is 0 Å². The summed E-state index contributed by atoms with van der Waals surface area (Å²) in [4.78, 5) is 8.43. The van der Waals surface area contributed by atoms with Gasteiger partial charge in [0.2, 0.25) is 0 Å². The van der Waals surface area contributed by atoms with Crippen LogP contribution in [0.15, 0.2) is 54.9 Å². The zero-order chi connectivity index (χ0) is 13.9. The molecule has 3 rings (SSSR count). The first-order chi connectivity index (χ1) is 9.74. The van der Waals surface area contributed by atoms with Gasteiger partial charge in [0.25, 0.3) is 0 Å². The number of hydrogen-bond donors (Lipinski definition) is 1. The van der Waals surface area contributed by atoms with E-state index in [9.17, 15) is 5.11 Å². The molecule has 1 unspecified atom stereocenters. The maximum Gasteiger partial charge on any atom is 0.100 e. The average molecular weight is 285 g/mol. The number of rotatable bonds is 3. The molecule has 1 aromatic carbocycles. The molecule has 0 amide bonds. The first-order valence-electron chi connectivity index (χ1n) is 6.36. The number of fused-ring (bicyclic) bond motifs is 1. The minimum Gasteiger partial charge on any atom is -0.386 e. The first kappa shape index (κ1) is 13.0. The molecular formula is C16H13ClN2O. The van der Waals surface area contributed by atoms with E-state index in [0.29, 0.717) is 17.1 Å². The normalized spacial score (nSPS) is 12.5. The lowest BCUT2D eigenvalue weighted by molar-refractivity contribution is 0.174. The van der Waals surface area contributed by atoms with Crippen molar-refractivity contribution in [2.75, 3.05) is 0 Å². The lowest BCUT2D eigenvalue weighted by atomic mass is 10.1. The third-order valence-electron chi connectivity index (χ3n) is 3.23. The zero-order valence-corrected chi connectivity index (χ0v) is 11.5. The van der Waals surface area contributed by atoms with Crippen molar-refractivity contribution < 1.29 is 5.11 Å². The number of pyridine rings is 2. The van der Waals surface area contributed by atoms with Crippen LogP contribution in [0.5, 0.6) is 0 Å². The van der Waals surface area contributed by atoms with E-state index in [-0.39, 0.29) is 0 Å². The average Bonchev–Trinajstić information content (AvgIpc) is 2.49. The van der Waals surface area contributed by atoms with Crippen LogP contribution in [0.1, 0.15) is 17.4 Å². The summed E-state index contributed by atoms with van der Waals surface area (Å²) < 4.78 is 0. The molecule has 0 fully saturated rings. The van der Waals surface area contributed by atoms with Crippen molar-refractivity contribution in [3.05, 3.63) is 71.1 Å². The standard InChI is InChI=1S/C16H13ClN2O/c17-13-10-18-8-7-12(13)9-16(20)15-6-5-11-3-1-2-4-14(11)19-15/h1-8,10,16,20H,9H2. The highest BCUT2D eigenvalue weighted by Crippen LogP contribution is 2.23. The smallest absolute Gasteiger partial charge is 0.100 e. The van der Waals surface area contributed by atoms with Crippen molar-refractivity contribution in [3.8, 4) is 0 Å². The highest BCUT2D eigenvalue weighted by Gasteiger charge is 2.12. The van der Waals surface area contributed by atoms with Gasteiger partial charge in [-0.3, -0.25) is 9.97 Å². The van der Waals surface area contributed by atoms with Crippen LogP contribution in [0.25, 0.3) is 10.9 Å². The number of aliphatic hydroxyl groups excluding tert-OH is 1. The Morgan fingerprint density at radius 3 is 2.80 bits per heavy atom. The Morgan fingerprint density at radius 2 is 1.95 bits per heavy atom. The summed E-state index contributed by atoms with van der Waals surface area (Å²) in [6.07, 6.45) is 2.99. The number of aliphatic hydroxyl groups is 1. The summed E-state index contributed by atoms with van der Waals surface area (Å²) >= 11 is 6.06. The predicted octanol–water partition coefficient (Wildman–Crippen LogP) is 3.56. The van der Waals surface area contributed by atoms with E-state index in [4.69, 9.17) is 11.6 Å². The molecular weight excluding hydrogens is 272 g/mol. The topological polar surface area (TPSA) is 46.0 Å². The quantitative estimate of drug-likeness (QED) is 0.800. The number of halogens is 1. The highest BCUT2D eigenvalue weighted by atomic mass is 35.5. The van der Waals surface area contributed by atoms with Crippen LogP contribution in [0.4, 0.5) is 0 Å². The van der Waals surface area contributed by atoms with Gasteiger partial charge in [-0.15, -0.1) is 0 Å². The molecule has 1 N–H and O–H groups in total. The summed E-state index contributed by atoms with van der Waals surface area (Å²) in [6.45, 7) is 0. The fourth-order valence-corrected chi connectivity index (χ4v) is 2.35. The summed E-state index contributed by atoms with van der Waals surface area (Å²) in [6, 6.07) is 13.5. The largest absolute Gasteiger partial charge is 0.386 e. The summed E-state index contributed by atoms with van der Waals surface area (Å²) in [5.41, 5.74) is 2.39. The third kappa shape index (κ3) is 2.64. The molecule has 0 saturated carbocycles. The van der Waals surface area contributed by atoms with Crippen LogP contribution in [-0.4, -0.2) is 15.1 Å². The van der Waals surface area contributed by atoms with E-state index in [2.05, 4.69) is 9.97 Å². The lowest BCUT2D eigenvalue weighted by Crippen LogP contribution is -2.04. The van der Waals surface area contributed by atoms with Crippen molar-refractivity contribution >= 4 is 22.5 Å². The molecule has 4 heteroatoms. The second-order valence-electron chi connectivity index (χ2n) is 4.62. The molecule has 0 aliphatic heterocycles. The third-order valence-corrected chi connectivity index (χ3v) is 3.57. The fraction of sp³-hybridized carbons (Fsp3) is 0.125.